The van der Waals surface area contributed by atoms with E-state index >= 15 is 4.39 Å². The Balaban J connectivity index is 1.54. The molecule has 0 bridgehead atoms. The second-order valence-corrected chi connectivity index (χ2v) is 12.7. The molecule has 4 rings (SSSR count). The minimum absolute atomic E-state index is 0.0956. The number of hydrogen-bond donors (Lipinski definition) is 1. The van der Waals surface area contributed by atoms with Gasteiger partial charge < -0.3 is 19.5 Å². The number of amides is 1. The maximum atomic E-state index is 15.0. The fourth-order valence-electron chi connectivity index (χ4n) is 6.19. The molecule has 11 heteroatoms. The summed E-state index contributed by atoms with van der Waals surface area (Å²) < 4.78 is 57.7. The van der Waals surface area contributed by atoms with E-state index in [1.165, 1.54) is 12.1 Å². The van der Waals surface area contributed by atoms with E-state index < -0.39 is 31.4 Å². The third-order valence-corrected chi connectivity index (χ3v) is 8.52. The molecule has 2 saturated heterocycles. The van der Waals surface area contributed by atoms with Crippen LogP contribution in [0.4, 0.5) is 17.6 Å². The Hall–Kier alpha value is -2.63. The van der Waals surface area contributed by atoms with Gasteiger partial charge in [0.25, 0.3) is 0 Å². The molecule has 2 fully saturated rings. The monoisotopic (exact) mass is 591 g/mol. The molecule has 2 aliphatic rings. The van der Waals surface area contributed by atoms with Gasteiger partial charge in [0.15, 0.2) is 18.2 Å². The first kappa shape index (κ1) is 32.3. The van der Waals surface area contributed by atoms with Crippen LogP contribution < -0.4 is 4.74 Å². The molecular formula is C31H42BF4N3O3. The molecule has 0 spiro atoms. The number of piperazine rings is 1. The number of halogens is 4. The highest BCUT2D eigenvalue weighted by molar-refractivity contribution is 6.45. The Bertz CT molecular complexity index is 1180. The van der Waals surface area contributed by atoms with E-state index in [1.807, 2.05) is 40.0 Å². The molecule has 42 heavy (non-hydrogen) atoms. The number of nitrogens with zero attached hydrogens (tertiary/aromatic N) is 3. The van der Waals surface area contributed by atoms with E-state index in [2.05, 4.69) is 25.7 Å². The summed E-state index contributed by atoms with van der Waals surface area (Å²) in [5.41, 5.74) is 1.31. The average Bonchev–Trinajstić information content (AvgIpc) is 2.92. The Morgan fingerprint density at radius 1 is 1.02 bits per heavy atom. The van der Waals surface area contributed by atoms with Crippen molar-refractivity contribution in [1.82, 2.24) is 14.6 Å². The van der Waals surface area contributed by atoms with Gasteiger partial charge in [0.2, 0.25) is 5.91 Å². The number of carbonyl (C=O) groups is 1. The van der Waals surface area contributed by atoms with Crippen LogP contribution in [0.1, 0.15) is 57.2 Å². The lowest BCUT2D eigenvalue weighted by Crippen LogP contribution is -2.60. The number of benzene rings is 2. The summed E-state index contributed by atoms with van der Waals surface area (Å²) in [6.07, 6.45) is -2.33. The van der Waals surface area contributed by atoms with Crippen molar-refractivity contribution in [2.24, 2.45) is 11.3 Å². The van der Waals surface area contributed by atoms with Gasteiger partial charge in [0.05, 0.1) is 6.04 Å². The molecule has 0 saturated carbocycles. The summed E-state index contributed by atoms with van der Waals surface area (Å²) in [6, 6.07) is 13.3. The topological polar surface area (TPSA) is 56.2 Å². The molecule has 2 heterocycles. The van der Waals surface area contributed by atoms with Crippen molar-refractivity contribution in [3.05, 3.63) is 65.5 Å². The number of ether oxygens (including phenoxy) is 1. The summed E-state index contributed by atoms with van der Waals surface area (Å²) in [5, 5.41) is 9.87. The highest BCUT2D eigenvalue weighted by Gasteiger charge is 2.41. The molecule has 1 N–H and O–H groups in total. The second kappa shape index (κ2) is 13.3. The van der Waals surface area contributed by atoms with Crippen LogP contribution in [0.2, 0.25) is 6.82 Å². The van der Waals surface area contributed by atoms with Crippen molar-refractivity contribution >= 4 is 13.0 Å². The third-order valence-electron chi connectivity index (χ3n) is 8.52. The maximum Gasteiger partial charge on any atom is 0.422 e. The lowest BCUT2D eigenvalue weighted by atomic mass is 9.80. The standard InChI is InChI=1S/C31H42BF4N3O3/c1-30(2,3)27-20-37(16-17-39(27)28(40)18-22-12-14-38(15-13-22)32(4)41)29(23-8-6-5-7-9-23)24-10-11-26(25(33)19-24)42-21-31(34,35)36/h5-11,19,22,27,29,41H,12-18,20-21H2,1-4H3/t27-,29?/m1/s1. The number of piperidine rings is 1. The van der Waals surface area contributed by atoms with Crippen LogP contribution in [-0.4, -0.2) is 84.1 Å². The minimum Gasteiger partial charge on any atom is -0.481 e. The van der Waals surface area contributed by atoms with Crippen molar-refractivity contribution in [3.63, 3.8) is 0 Å². The van der Waals surface area contributed by atoms with E-state index in [1.54, 1.807) is 12.9 Å². The van der Waals surface area contributed by atoms with Gasteiger partial charge in [-0.15, -0.1) is 0 Å². The van der Waals surface area contributed by atoms with Gasteiger partial charge in [-0.05, 0) is 67.3 Å². The molecule has 0 aliphatic carbocycles. The van der Waals surface area contributed by atoms with E-state index in [9.17, 15) is 23.0 Å². The molecule has 1 amide bonds. The van der Waals surface area contributed by atoms with Crippen LogP contribution in [0.5, 0.6) is 5.75 Å². The largest absolute Gasteiger partial charge is 0.481 e. The maximum absolute atomic E-state index is 15.0. The normalized spacial score (nSPS) is 20.4. The summed E-state index contributed by atoms with van der Waals surface area (Å²) in [5.74, 6) is -0.867. The van der Waals surface area contributed by atoms with Gasteiger partial charge in [0, 0.05) is 32.1 Å². The fourth-order valence-corrected chi connectivity index (χ4v) is 6.19. The van der Waals surface area contributed by atoms with E-state index in [4.69, 9.17) is 4.74 Å². The van der Waals surface area contributed by atoms with E-state index in [-0.39, 0.29) is 29.3 Å². The first-order valence-electron chi connectivity index (χ1n) is 14.7. The Kier molecular flexibility index (Phi) is 10.3. The lowest BCUT2D eigenvalue weighted by Gasteiger charge is -2.50. The zero-order valence-corrected chi connectivity index (χ0v) is 24.9. The van der Waals surface area contributed by atoms with Crippen LogP contribution in [-0.2, 0) is 4.79 Å². The summed E-state index contributed by atoms with van der Waals surface area (Å²) >= 11 is 0. The molecule has 0 radical (unpaired) electrons. The zero-order valence-electron chi connectivity index (χ0n) is 24.9. The summed E-state index contributed by atoms with van der Waals surface area (Å²) in [6.45, 7) is 9.76. The lowest BCUT2D eigenvalue weighted by molar-refractivity contribution is -0.153. The Morgan fingerprint density at radius 2 is 1.69 bits per heavy atom. The number of hydrogen-bond acceptors (Lipinski definition) is 5. The van der Waals surface area contributed by atoms with E-state index in [0.717, 1.165) is 31.5 Å². The molecule has 1 unspecified atom stereocenters. The van der Waals surface area contributed by atoms with Crippen LogP contribution in [0.25, 0.3) is 0 Å². The highest BCUT2D eigenvalue weighted by atomic mass is 19.4. The molecule has 2 aromatic rings. The van der Waals surface area contributed by atoms with Gasteiger partial charge in [-0.3, -0.25) is 9.69 Å². The molecule has 0 aromatic heterocycles. The molecule has 2 aromatic carbocycles. The van der Waals surface area contributed by atoms with Crippen LogP contribution in [0.15, 0.2) is 48.5 Å². The Morgan fingerprint density at radius 3 is 2.26 bits per heavy atom. The van der Waals surface area contributed by atoms with Crippen molar-refractivity contribution < 1.29 is 32.1 Å². The van der Waals surface area contributed by atoms with Crippen LogP contribution in [0, 0.1) is 17.2 Å². The first-order valence-corrected chi connectivity index (χ1v) is 14.7. The molecular weight excluding hydrogens is 549 g/mol. The van der Waals surface area contributed by atoms with Crippen molar-refractivity contribution in [3.8, 4) is 5.75 Å². The van der Waals surface area contributed by atoms with E-state index in [0.29, 0.717) is 31.6 Å². The van der Waals surface area contributed by atoms with Gasteiger partial charge in [-0.1, -0.05) is 57.2 Å². The number of carbonyl (C=O) groups excluding carboxylic acids is 1. The quantitative estimate of drug-likeness (QED) is 0.319. The second-order valence-electron chi connectivity index (χ2n) is 12.7. The summed E-state index contributed by atoms with van der Waals surface area (Å²) in [4.78, 5) is 19.9. The first-order chi connectivity index (χ1) is 19.7. The SMILES string of the molecule is CB(O)N1CCC(CC(=O)N2CCN(C(c3ccccc3)c3ccc(OCC(F)(F)F)c(F)c3)C[C@@H]2C(C)(C)C)CC1. The molecule has 230 valence electrons. The summed E-state index contributed by atoms with van der Waals surface area (Å²) in [7, 11) is -0.477. The van der Waals surface area contributed by atoms with Gasteiger partial charge >= 0.3 is 13.2 Å². The molecule has 2 atom stereocenters. The van der Waals surface area contributed by atoms with Crippen molar-refractivity contribution in [2.75, 3.05) is 39.3 Å². The molecule has 2 aliphatic heterocycles. The van der Waals surface area contributed by atoms with Crippen LogP contribution in [0.3, 0.4) is 0 Å². The Labute approximate surface area is 246 Å². The smallest absolute Gasteiger partial charge is 0.422 e. The van der Waals surface area contributed by atoms with Crippen molar-refractivity contribution in [2.45, 2.75) is 65.1 Å². The minimum atomic E-state index is -4.56. The fraction of sp³-hybridized carbons (Fsp3) is 0.581. The van der Waals surface area contributed by atoms with Gasteiger partial charge in [0.1, 0.15) is 0 Å². The van der Waals surface area contributed by atoms with Crippen molar-refractivity contribution in [1.29, 1.82) is 0 Å². The zero-order chi connectivity index (χ0) is 30.7. The van der Waals surface area contributed by atoms with Crippen LogP contribution >= 0.6 is 0 Å². The highest BCUT2D eigenvalue weighted by Crippen LogP contribution is 2.37. The third kappa shape index (κ3) is 8.26. The van der Waals surface area contributed by atoms with Gasteiger partial charge in [-0.25, -0.2) is 4.39 Å². The predicted octanol–water partition coefficient (Wildman–Crippen LogP) is 5.63. The molecule has 6 nitrogen and oxygen atoms in total. The number of alkyl halides is 3. The number of rotatable bonds is 8. The van der Waals surface area contributed by atoms with Gasteiger partial charge in [-0.2, -0.15) is 13.2 Å². The average molecular weight is 591 g/mol. The predicted molar refractivity (Wildman–Crippen MR) is 156 cm³/mol.